The van der Waals surface area contributed by atoms with Gasteiger partial charge in [-0.1, -0.05) is 33.1 Å². The molecule has 0 aliphatic rings. The van der Waals surface area contributed by atoms with Crippen molar-refractivity contribution in [3.05, 3.63) is 20.8 Å². The molecule has 2 atom stereocenters. The Morgan fingerprint density at radius 1 is 1.47 bits per heavy atom. The molecule has 19 heavy (non-hydrogen) atoms. The second-order valence-corrected chi connectivity index (χ2v) is 7.20. The Kier molecular flexibility index (Phi) is 7.64. The number of hydrogen-bond donors (Lipinski definition) is 2. The van der Waals surface area contributed by atoms with Gasteiger partial charge in [0.25, 0.3) is 5.91 Å². The molecular weight excluding hydrogens is 326 g/mol. The molecule has 0 spiro atoms. The lowest BCUT2D eigenvalue weighted by molar-refractivity contribution is -0.129. The molecule has 0 aliphatic carbocycles. The minimum atomic E-state index is -1.06. The highest BCUT2D eigenvalue weighted by Gasteiger charge is 2.19. The smallest absolute Gasteiger partial charge is 0.254 e. The summed E-state index contributed by atoms with van der Waals surface area (Å²) < 4.78 is 0.920. The lowest BCUT2D eigenvalue weighted by Crippen LogP contribution is -2.33. The molecule has 0 saturated heterocycles. The lowest BCUT2D eigenvalue weighted by atomic mass is 9.99. The molecule has 2 unspecified atom stereocenters. The van der Waals surface area contributed by atoms with Gasteiger partial charge in [-0.3, -0.25) is 4.79 Å². The number of aliphatic hydroxyl groups excluding tert-OH is 1. The Morgan fingerprint density at radius 2 is 2.21 bits per heavy atom. The summed E-state index contributed by atoms with van der Waals surface area (Å²) >= 11 is 4.71. The van der Waals surface area contributed by atoms with Gasteiger partial charge in [0.05, 0.1) is 3.79 Å². The number of nitrogens with one attached hydrogen (secondary N) is 1. The van der Waals surface area contributed by atoms with E-state index in [0.29, 0.717) is 17.3 Å². The number of carbonyl (C=O) groups is 1. The molecular formula is C14H22BrNO2S. The van der Waals surface area contributed by atoms with Gasteiger partial charge in [0.15, 0.2) is 6.10 Å². The normalized spacial score (nSPS) is 14.1. The largest absolute Gasteiger partial charge is 0.378 e. The van der Waals surface area contributed by atoms with Gasteiger partial charge < -0.3 is 10.4 Å². The molecule has 108 valence electrons. The zero-order valence-electron chi connectivity index (χ0n) is 11.5. The molecule has 0 bridgehead atoms. The number of amides is 1. The van der Waals surface area contributed by atoms with Crippen molar-refractivity contribution >= 4 is 33.2 Å². The molecule has 1 amide bonds. The van der Waals surface area contributed by atoms with Crippen LogP contribution in [0.1, 0.15) is 50.5 Å². The van der Waals surface area contributed by atoms with Crippen LogP contribution in [0.4, 0.5) is 0 Å². The van der Waals surface area contributed by atoms with Crippen molar-refractivity contribution in [2.75, 3.05) is 6.54 Å². The van der Waals surface area contributed by atoms with Gasteiger partial charge in [0.2, 0.25) is 0 Å². The Bertz CT molecular complexity index is 395. The third-order valence-electron chi connectivity index (χ3n) is 3.22. The molecule has 0 aromatic carbocycles. The summed E-state index contributed by atoms with van der Waals surface area (Å²) in [6.45, 7) is 4.96. The quantitative estimate of drug-likeness (QED) is 0.749. The zero-order valence-corrected chi connectivity index (χ0v) is 13.9. The van der Waals surface area contributed by atoms with Crippen LogP contribution in [-0.2, 0) is 4.79 Å². The SMILES string of the molecule is CCCCC(CC)CNC(=O)C(O)c1ccc(Br)s1. The first-order chi connectivity index (χ1) is 9.08. The Balaban J connectivity index is 2.41. The number of unbranched alkanes of at least 4 members (excludes halogenated alkanes) is 1. The summed E-state index contributed by atoms with van der Waals surface area (Å²) in [5, 5.41) is 12.8. The predicted molar refractivity (Wildman–Crippen MR) is 83.3 cm³/mol. The van der Waals surface area contributed by atoms with Crippen molar-refractivity contribution in [2.45, 2.75) is 45.6 Å². The number of rotatable bonds is 8. The highest BCUT2D eigenvalue weighted by Crippen LogP contribution is 2.27. The fourth-order valence-electron chi connectivity index (χ4n) is 1.89. The molecule has 3 nitrogen and oxygen atoms in total. The molecule has 1 aromatic rings. The van der Waals surface area contributed by atoms with E-state index in [9.17, 15) is 9.90 Å². The van der Waals surface area contributed by atoms with E-state index in [1.165, 1.54) is 24.2 Å². The Morgan fingerprint density at radius 3 is 2.74 bits per heavy atom. The summed E-state index contributed by atoms with van der Waals surface area (Å²) in [4.78, 5) is 12.5. The van der Waals surface area contributed by atoms with Crippen molar-refractivity contribution < 1.29 is 9.90 Å². The number of aliphatic hydroxyl groups is 1. The lowest BCUT2D eigenvalue weighted by Gasteiger charge is -2.16. The van der Waals surface area contributed by atoms with E-state index in [1.54, 1.807) is 6.07 Å². The van der Waals surface area contributed by atoms with Crippen LogP contribution in [0.25, 0.3) is 0 Å². The second-order valence-electron chi connectivity index (χ2n) is 4.71. The minimum absolute atomic E-state index is 0.302. The average Bonchev–Trinajstić information content (AvgIpc) is 2.84. The van der Waals surface area contributed by atoms with Crippen molar-refractivity contribution in [2.24, 2.45) is 5.92 Å². The van der Waals surface area contributed by atoms with E-state index in [-0.39, 0.29) is 5.91 Å². The number of hydrogen-bond acceptors (Lipinski definition) is 3. The first-order valence-corrected chi connectivity index (χ1v) is 8.40. The van der Waals surface area contributed by atoms with Crippen LogP contribution >= 0.6 is 27.3 Å². The first-order valence-electron chi connectivity index (χ1n) is 6.79. The van der Waals surface area contributed by atoms with E-state index in [4.69, 9.17) is 0 Å². The fraction of sp³-hybridized carbons (Fsp3) is 0.643. The molecule has 5 heteroatoms. The van der Waals surface area contributed by atoms with Gasteiger partial charge in [0, 0.05) is 11.4 Å². The Hall–Kier alpha value is -0.390. The van der Waals surface area contributed by atoms with Crippen LogP contribution in [0.5, 0.6) is 0 Å². The molecule has 0 saturated carbocycles. The standard InChI is InChI=1S/C14H22BrNO2S/c1-3-5-6-10(4-2)9-16-14(18)13(17)11-7-8-12(15)19-11/h7-8,10,13,17H,3-6,9H2,1-2H3,(H,16,18). The molecule has 0 fully saturated rings. The van der Waals surface area contributed by atoms with Crippen LogP contribution in [-0.4, -0.2) is 17.6 Å². The summed E-state index contributed by atoms with van der Waals surface area (Å²) in [6, 6.07) is 3.61. The van der Waals surface area contributed by atoms with Crippen molar-refractivity contribution in [3.63, 3.8) is 0 Å². The molecule has 0 aliphatic heterocycles. The van der Waals surface area contributed by atoms with Crippen LogP contribution in [0.3, 0.4) is 0 Å². The number of thiophene rings is 1. The Labute approximate surface area is 127 Å². The van der Waals surface area contributed by atoms with Gasteiger partial charge in [-0.25, -0.2) is 0 Å². The fourth-order valence-corrected chi connectivity index (χ4v) is 3.30. The van der Waals surface area contributed by atoms with Gasteiger partial charge in [-0.15, -0.1) is 11.3 Å². The molecule has 1 rings (SSSR count). The maximum Gasteiger partial charge on any atom is 0.254 e. The minimum Gasteiger partial charge on any atom is -0.378 e. The third-order valence-corrected chi connectivity index (χ3v) is 4.90. The molecule has 0 radical (unpaired) electrons. The third kappa shape index (κ3) is 5.63. The zero-order chi connectivity index (χ0) is 14.3. The highest BCUT2D eigenvalue weighted by molar-refractivity contribution is 9.11. The maximum atomic E-state index is 11.9. The van der Waals surface area contributed by atoms with Gasteiger partial charge in [-0.05, 0) is 40.4 Å². The van der Waals surface area contributed by atoms with Crippen molar-refractivity contribution in [1.29, 1.82) is 0 Å². The van der Waals surface area contributed by atoms with E-state index < -0.39 is 6.10 Å². The highest BCUT2D eigenvalue weighted by atomic mass is 79.9. The van der Waals surface area contributed by atoms with Gasteiger partial charge in [0.1, 0.15) is 0 Å². The van der Waals surface area contributed by atoms with Gasteiger partial charge in [-0.2, -0.15) is 0 Å². The number of carbonyl (C=O) groups excluding carboxylic acids is 1. The van der Waals surface area contributed by atoms with E-state index in [1.807, 2.05) is 6.07 Å². The van der Waals surface area contributed by atoms with Gasteiger partial charge >= 0.3 is 0 Å². The second kappa shape index (κ2) is 8.72. The van der Waals surface area contributed by atoms with E-state index >= 15 is 0 Å². The monoisotopic (exact) mass is 347 g/mol. The van der Waals surface area contributed by atoms with Crippen molar-refractivity contribution in [1.82, 2.24) is 5.32 Å². The number of halogens is 1. The topological polar surface area (TPSA) is 49.3 Å². The van der Waals surface area contributed by atoms with Crippen LogP contribution in [0.15, 0.2) is 15.9 Å². The van der Waals surface area contributed by atoms with E-state index in [2.05, 4.69) is 35.1 Å². The molecule has 2 N–H and O–H groups in total. The van der Waals surface area contributed by atoms with Crippen LogP contribution in [0.2, 0.25) is 0 Å². The predicted octanol–water partition coefficient (Wildman–Crippen LogP) is 3.88. The summed E-state index contributed by atoms with van der Waals surface area (Å²) in [6.07, 6.45) is 3.50. The van der Waals surface area contributed by atoms with Crippen molar-refractivity contribution in [3.8, 4) is 0 Å². The summed E-state index contributed by atoms with van der Waals surface area (Å²) in [7, 11) is 0. The summed E-state index contributed by atoms with van der Waals surface area (Å²) in [5.41, 5.74) is 0. The average molecular weight is 348 g/mol. The first kappa shape index (κ1) is 16.7. The molecule has 1 aromatic heterocycles. The van der Waals surface area contributed by atoms with Crippen LogP contribution in [0, 0.1) is 5.92 Å². The summed E-state index contributed by atoms with van der Waals surface area (Å²) in [5.74, 6) is 0.204. The molecule has 1 heterocycles. The van der Waals surface area contributed by atoms with E-state index in [0.717, 1.165) is 16.6 Å². The maximum absolute atomic E-state index is 11.9. The van der Waals surface area contributed by atoms with Crippen LogP contribution < -0.4 is 5.32 Å².